The number of nitrogens with one attached hydrogen (secondary N) is 2. The van der Waals surface area contributed by atoms with Crippen molar-refractivity contribution in [3.63, 3.8) is 0 Å². The minimum Gasteiger partial charge on any atom is -0.361 e. The minimum absolute atomic E-state index is 0.690. The van der Waals surface area contributed by atoms with Gasteiger partial charge in [0.25, 0.3) is 0 Å². The van der Waals surface area contributed by atoms with Crippen LogP contribution >= 0.6 is 12.2 Å². The summed E-state index contributed by atoms with van der Waals surface area (Å²) in [7, 11) is 0. The number of thiocarbonyl (C=S) groups is 1. The Hall–Kier alpha value is -1.92. The number of aromatic nitrogens is 1. The Morgan fingerprint density at radius 2 is 1.79 bits per heavy atom. The Balaban J connectivity index is 1.36. The first-order chi connectivity index (χ1) is 13.7. The highest BCUT2D eigenvalue weighted by Gasteiger charge is 2.15. The van der Waals surface area contributed by atoms with E-state index >= 15 is 0 Å². The number of hydrogen-bond acceptors (Lipinski definition) is 4. The predicted molar refractivity (Wildman–Crippen MR) is 122 cm³/mol. The fourth-order valence-electron chi connectivity index (χ4n) is 4.25. The first-order valence-electron chi connectivity index (χ1n) is 10.6. The lowest BCUT2D eigenvalue weighted by Gasteiger charge is -2.26. The summed E-state index contributed by atoms with van der Waals surface area (Å²) in [6, 6.07) is 8.54. The van der Waals surface area contributed by atoms with Gasteiger partial charge in [0.05, 0.1) is 5.52 Å². The number of hydrogen-bond donors (Lipinski definition) is 2. The smallest absolute Gasteiger partial charge is 0.170 e. The molecule has 0 atom stereocenters. The molecule has 2 saturated heterocycles. The first kappa shape index (κ1) is 19.4. The van der Waals surface area contributed by atoms with E-state index in [9.17, 15) is 0 Å². The summed E-state index contributed by atoms with van der Waals surface area (Å²) >= 11 is 5.49. The maximum atomic E-state index is 5.49. The second-order valence-electron chi connectivity index (χ2n) is 8.01. The third-order valence-corrected chi connectivity index (χ3v) is 6.10. The van der Waals surface area contributed by atoms with Crippen molar-refractivity contribution in [1.82, 2.24) is 15.2 Å². The molecule has 3 heterocycles. The van der Waals surface area contributed by atoms with E-state index in [1.165, 1.54) is 56.1 Å². The zero-order valence-electron chi connectivity index (χ0n) is 16.8. The molecule has 2 aliphatic heterocycles. The van der Waals surface area contributed by atoms with Crippen LogP contribution in [-0.4, -0.2) is 54.3 Å². The number of piperidine rings is 1. The second kappa shape index (κ2) is 9.05. The monoisotopic (exact) mass is 397 g/mol. The van der Waals surface area contributed by atoms with Crippen LogP contribution in [0.5, 0.6) is 0 Å². The molecule has 2 aromatic rings. The number of anilines is 2. The van der Waals surface area contributed by atoms with Crippen LogP contribution < -0.4 is 15.5 Å². The number of fused-ring (bicyclic) bond motifs is 1. The number of aryl methyl sites for hydroxylation is 1. The zero-order valence-corrected chi connectivity index (χ0v) is 17.7. The molecule has 0 bridgehead atoms. The summed E-state index contributed by atoms with van der Waals surface area (Å²) in [5.41, 5.74) is 3.33. The van der Waals surface area contributed by atoms with E-state index in [4.69, 9.17) is 17.2 Å². The van der Waals surface area contributed by atoms with Gasteiger partial charge in [-0.1, -0.05) is 6.42 Å². The number of nitrogens with zero attached hydrogens (tertiary/aromatic N) is 3. The number of rotatable bonds is 5. The van der Waals surface area contributed by atoms with E-state index < -0.39 is 0 Å². The summed E-state index contributed by atoms with van der Waals surface area (Å²) in [6.45, 7) is 8.80. The lowest BCUT2D eigenvalue weighted by Crippen LogP contribution is -2.39. The molecule has 150 valence electrons. The molecule has 4 rings (SSSR count). The van der Waals surface area contributed by atoms with Crippen molar-refractivity contribution >= 4 is 39.7 Å². The Morgan fingerprint density at radius 1 is 1.04 bits per heavy atom. The largest absolute Gasteiger partial charge is 0.361 e. The van der Waals surface area contributed by atoms with Gasteiger partial charge in [0.2, 0.25) is 0 Å². The van der Waals surface area contributed by atoms with E-state index in [-0.39, 0.29) is 0 Å². The van der Waals surface area contributed by atoms with Gasteiger partial charge in [0.15, 0.2) is 5.11 Å². The van der Waals surface area contributed by atoms with Gasteiger partial charge >= 0.3 is 0 Å². The van der Waals surface area contributed by atoms with Crippen molar-refractivity contribution in [3.8, 4) is 0 Å². The van der Waals surface area contributed by atoms with Crippen LogP contribution in [0.25, 0.3) is 10.9 Å². The summed E-state index contributed by atoms with van der Waals surface area (Å²) in [4.78, 5) is 9.79. The van der Waals surface area contributed by atoms with E-state index in [1.54, 1.807) is 0 Å². The van der Waals surface area contributed by atoms with E-state index in [0.717, 1.165) is 43.2 Å². The molecule has 0 unspecified atom stereocenters. The molecule has 2 N–H and O–H groups in total. The summed E-state index contributed by atoms with van der Waals surface area (Å²) < 4.78 is 0. The normalized spacial score (nSPS) is 17.8. The van der Waals surface area contributed by atoms with Crippen LogP contribution in [0.1, 0.15) is 37.7 Å². The van der Waals surface area contributed by atoms with Crippen LogP contribution in [0.15, 0.2) is 24.3 Å². The van der Waals surface area contributed by atoms with Gasteiger partial charge in [-0.2, -0.15) is 0 Å². The Bertz CT molecular complexity index is 825. The zero-order chi connectivity index (χ0) is 19.3. The lowest BCUT2D eigenvalue weighted by molar-refractivity contribution is 0.232. The van der Waals surface area contributed by atoms with Crippen molar-refractivity contribution in [1.29, 1.82) is 0 Å². The molecule has 28 heavy (non-hydrogen) atoms. The van der Waals surface area contributed by atoms with Crippen molar-refractivity contribution in [2.75, 3.05) is 49.5 Å². The number of likely N-dealkylation sites (tertiary alicyclic amines) is 1. The first-order valence-corrected chi connectivity index (χ1v) is 11.0. The molecule has 0 amide bonds. The Morgan fingerprint density at radius 3 is 2.57 bits per heavy atom. The number of benzene rings is 1. The van der Waals surface area contributed by atoms with Crippen molar-refractivity contribution in [2.24, 2.45) is 0 Å². The fourth-order valence-corrected chi connectivity index (χ4v) is 4.47. The molecule has 0 spiro atoms. The maximum absolute atomic E-state index is 5.49. The Kier molecular flexibility index (Phi) is 6.27. The summed E-state index contributed by atoms with van der Waals surface area (Å²) in [5.74, 6) is 1.11. The molecular formula is C22H31N5S. The van der Waals surface area contributed by atoms with E-state index in [0.29, 0.717) is 5.11 Å². The predicted octanol–water partition coefficient (Wildman–Crippen LogP) is 3.92. The highest BCUT2D eigenvalue weighted by atomic mass is 32.1. The van der Waals surface area contributed by atoms with Crippen molar-refractivity contribution < 1.29 is 0 Å². The number of pyridine rings is 1. The minimum atomic E-state index is 0.690. The summed E-state index contributed by atoms with van der Waals surface area (Å²) in [6.07, 6.45) is 6.56. The van der Waals surface area contributed by atoms with Crippen LogP contribution in [0, 0.1) is 6.92 Å². The molecule has 1 aromatic heterocycles. The Labute approximate surface area is 173 Å². The van der Waals surface area contributed by atoms with Gasteiger partial charge in [-0.25, -0.2) is 4.98 Å². The molecule has 0 radical (unpaired) electrons. The fraction of sp³-hybridized carbons (Fsp3) is 0.545. The molecule has 0 saturated carbocycles. The van der Waals surface area contributed by atoms with Gasteiger partial charge in [0.1, 0.15) is 5.82 Å². The highest BCUT2D eigenvalue weighted by molar-refractivity contribution is 7.80. The van der Waals surface area contributed by atoms with Gasteiger partial charge < -0.3 is 20.4 Å². The third kappa shape index (κ3) is 4.73. The second-order valence-corrected chi connectivity index (χ2v) is 8.41. The van der Waals surface area contributed by atoms with Crippen LogP contribution in [-0.2, 0) is 0 Å². The van der Waals surface area contributed by atoms with Crippen molar-refractivity contribution in [2.45, 2.75) is 39.0 Å². The molecule has 0 aliphatic carbocycles. The highest BCUT2D eigenvalue weighted by Crippen LogP contribution is 2.27. The average Bonchev–Trinajstić information content (AvgIpc) is 3.24. The average molecular weight is 398 g/mol. The van der Waals surface area contributed by atoms with E-state index in [1.807, 2.05) is 0 Å². The molecule has 2 fully saturated rings. The molecule has 2 aliphatic rings. The summed E-state index contributed by atoms with van der Waals surface area (Å²) in [5, 5.41) is 8.55. The van der Waals surface area contributed by atoms with Gasteiger partial charge in [-0.3, -0.25) is 0 Å². The van der Waals surface area contributed by atoms with Gasteiger partial charge in [0, 0.05) is 37.3 Å². The SMILES string of the molecule is Cc1cc(N2CCCC2)nc2ccc(NC(=S)NCCN3CCCCC3)cc12. The van der Waals surface area contributed by atoms with Crippen molar-refractivity contribution in [3.05, 3.63) is 29.8 Å². The molecule has 6 heteroatoms. The quantitative estimate of drug-likeness (QED) is 0.746. The van der Waals surface area contributed by atoms with Crippen LogP contribution in [0.4, 0.5) is 11.5 Å². The topological polar surface area (TPSA) is 43.4 Å². The van der Waals surface area contributed by atoms with Gasteiger partial charge in [-0.05, 0) is 87.7 Å². The van der Waals surface area contributed by atoms with Crippen LogP contribution in [0.2, 0.25) is 0 Å². The maximum Gasteiger partial charge on any atom is 0.170 e. The molecule has 5 nitrogen and oxygen atoms in total. The van der Waals surface area contributed by atoms with Gasteiger partial charge in [-0.15, -0.1) is 0 Å². The molecule has 1 aromatic carbocycles. The van der Waals surface area contributed by atoms with Crippen LogP contribution in [0.3, 0.4) is 0 Å². The van der Waals surface area contributed by atoms with E-state index in [2.05, 4.69) is 51.6 Å². The molecular weight excluding hydrogens is 366 g/mol. The third-order valence-electron chi connectivity index (χ3n) is 5.85. The lowest BCUT2D eigenvalue weighted by atomic mass is 10.1. The standard InChI is InChI=1S/C22H31N5S/c1-17-15-21(27-12-5-6-13-27)25-20-8-7-18(16-19(17)20)24-22(28)23-9-14-26-10-3-2-4-11-26/h7-8,15-16H,2-6,9-14H2,1H3,(H2,23,24,28).